The number of amides is 1. The Labute approximate surface area is 119 Å². The van der Waals surface area contributed by atoms with E-state index in [0.29, 0.717) is 15.7 Å². The number of nitrogens with one attached hydrogen (secondary N) is 1. The molecule has 1 saturated heterocycles. The first kappa shape index (κ1) is 12.2. The summed E-state index contributed by atoms with van der Waals surface area (Å²) < 4.78 is 5.73. The fourth-order valence-corrected chi connectivity index (χ4v) is 2.75. The van der Waals surface area contributed by atoms with E-state index in [-0.39, 0.29) is 5.24 Å². The second-order valence-corrected chi connectivity index (χ2v) is 5.34. The molecule has 1 N–H and O–H groups in total. The molecule has 2 heterocycles. The highest BCUT2D eigenvalue weighted by molar-refractivity contribution is 8.19. The standard InChI is InChI=1S/C14H9NO2S2/c16-14-15-13(18)12(19-14)8-10-6-7-11(17-10)9-4-2-1-3-5-9/h1-8H,(H,15,16,18)/b12-8+. The molecule has 19 heavy (non-hydrogen) atoms. The van der Waals surface area contributed by atoms with Gasteiger partial charge in [0.1, 0.15) is 16.5 Å². The SMILES string of the molecule is O=C1NC(=S)/C(=C\c2ccc(-c3ccccc3)o2)S1. The zero-order valence-electron chi connectivity index (χ0n) is 9.75. The largest absolute Gasteiger partial charge is 0.457 e. The second-order valence-electron chi connectivity index (χ2n) is 3.92. The van der Waals surface area contributed by atoms with E-state index in [1.165, 1.54) is 0 Å². The molecule has 1 aliphatic heterocycles. The minimum Gasteiger partial charge on any atom is -0.457 e. The van der Waals surface area contributed by atoms with E-state index in [1.54, 1.807) is 6.08 Å². The summed E-state index contributed by atoms with van der Waals surface area (Å²) >= 11 is 6.14. The zero-order chi connectivity index (χ0) is 13.2. The highest BCUT2D eigenvalue weighted by atomic mass is 32.2. The van der Waals surface area contributed by atoms with E-state index in [4.69, 9.17) is 16.6 Å². The summed E-state index contributed by atoms with van der Waals surface area (Å²) in [6.07, 6.45) is 1.78. The Morgan fingerprint density at radius 2 is 1.95 bits per heavy atom. The molecular formula is C14H9NO2S2. The number of rotatable bonds is 2. The Kier molecular flexibility index (Phi) is 3.23. The van der Waals surface area contributed by atoms with Crippen molar-refractivity contribution in [2.75, 3.05) is 0 Å². The Balaban J connectivity index is 1.89. The topological polar surface area (TPSA) is 42.2 Å². The fraction of sp³-hybridized carbons (Fsp3) is 0. The molecule has 1 aromatic carbocycles. The number of carbonyl (C=O) groups excluding carboxylic acids is 1. The van der Waals surface area contributed by atoms with Crippen LogP contribution in [0.15, 0.2) is 51.8 Å². The summed E-state index contributed by atoms with van der Waals surface area (Å²) in [4.78, 5) is 12.3. The van der Waals surface area contributed by atoms with Crippen LogP contribution in [0.2, 0.25) is 0 Å². The van der Waals surface area contributed by atoms with Crippen molar-refractivity contribution in [2.45, 2.75) is 0 Å². The van der Waals surface area contributed by atoms with Gasteiger partial charge in [-0.25, -0.2) is 0 Å². The molecule has 94 valence electrons. The van der Waals surface area contributed by atoms with E-state index in [9.17, 15) is 4.79 Å². The number of carbonyl (C=O) groups is 1. The lowest BCUT2D eigenvalue weighted by Gasteiger charge is -1.95. The van der Waals surface area contributed by atoms with Crippen molar-refractivity contribution in [1.82, 2.24) is 5.32 Å². The Bertz CT molecular complexity index is 674. The van der Waals surface area contributed by atoms with Crippen LogP contribution >= 0.6 is 24.0 Å². The summed E-state index contributed by atoms with van der Waals surface area (Å²) in [5, 5.41) is 2.42. The van der Waals surface area contributed by atoms with Gasteiger partial charge in [0.05, 0.1) is 4.91 Å². The minimum atomic E-state index is -0.147. The number of thiocarbonyl (C=S) groups is 1. The van der Waals surface area contributed by atoms with E-state index in [1.807, 2.05) is 42.5 Å². The number of hydrogen-bond acceptors (Lipinski definition) is 4. The molecule has 3 rings (SSSR count). The Hall–Kier alpha value is -1.85. The van der Waals surface area contributed by atoms with Crippen LogP contribution in [-0.4, -0.2) is 10.2 Å². The van der Waals surface area contributed by atoms with Crippen molar-refractivity contribution in [2.24, 2.45) is 0 Å². The first-order valence-electron chi connectivity index (χ1n) is 5.62. The number of hydrogen-bond donors (Lipinski definition) is 1. The predicted molar refractivity (Wildman–Crippen MR) is 80.8 cm³/mol. The molecule has 0 bridgehead atoms. The molecule has 0 aliphatic carbocycles. The average molecular weight is 287 g/mol. The van der Waals surface area contributed by atoms with Gasteiger partial charge in [0, 0.05) is 5.56 Å². The monoisotopic (exact) mass is 287 g/mol. The van der Waals surface area contributed by atoms with Gasteiger partial charge < -0.3 is 9.73 Å². The second kappa shape index (κ2) is 5.03. The van der Waals surface area contributed by atoms with Crippen LogP contribution in [0.1, 0.15) is 5.76 Å². The molecule has 0 radical (unpaired) electrons. The molecule has 0 spiro atoms. The molecule has 1 aliphatic rings. The van der Waals surface area contributed by atoms with Gasteiger partial charge in [0.15, 0.2) is 0 Å². The van der Waals surface area contributed by atoms with Crippen molar-refractivity contribution < 1.29 is 9.21 Å². The number of thioether (sulfide) groups is 1. The third kappa shape index (κ3) is 2.62. The van der Waals surface area contributed by atoms with Crippen molar-refractivity contribution >= 4 is 40.3 Å². The lowest BCUT2D eigenvalue weighted by atomic mass is 10.2. The lowest BCUT2D eigenvalue weighted by Crippen LogP contribution is -2.15. The molecule has 1 aromatic heterocycles. The van der Waals surface area contributed by atoms with Crippen LogP contribution in [0.25, 0.3) is 17.4 Å². The van der Waals surface area contributed by atoms with Gasteiger partial charge in [-0.05, 0) is 30.0 Å². The average Bonchev–Trinajstić information content (AvgIpc) is 2.99. The molecule has 1 fully saturated rings. The summed E-state index contributed by atoms with van der Waals surface area (Å²) in [6.45, 7) is 0. The lowest BCUT2D eigenvalue weighted by molar-refractivity contribution is 0.265. The van der Waals surface area contributed by atoms with Gasteiger partial charge >= 0.3 is 0 Å². The van der Waals surface area contributed by atoms with Gasteiger partial charge in [-0.15, -0.1) is 0 Å². The maximum Gasteiger partial charge on any atom is 0.289 e. The Morgan fingerprint density at radius 1 is 1.16 bits per heavy atom. The van der Waals surface area contributed by atoms with Gasteiger partial charge in [0.2, 0.25) is 0 Å². The third-order valence-electron chi connectivity index (χ3n) is 2.60. The summed E-state index contributed by atoms with van der Waals surface area (Å²) in [6, 6.07) is 13.6. The maximum absolute atomic E-state index is 11.2. The molecular weight excluding hydrogens is 278 g/mol. The molecule has 5 heteroatoms. The number of furan rings is 1. The van der Waals surface area contributed by atoms with Crippen LogP contribution in [0.5, 0.6) is 0 Å². The first-order chi connectivity index (χ1) is 9.22. The number of benzene rings is 1. The van der Waals surface area contributed by atoms with Crippen molar-refractivity contribution in [3.8, 4) is 11.3 Å². The highest BCUT2D eigenvalue weighted by Crippen LogP contribution is 2.29. The van der Waals surface area contributed by atoms with E-state index >= 15 is 0 Å². The first-order valence-corrected chi connectivity index (χ1v) is 6.85. The summed E-state index contributed by atoms with van der Waals surface area (Å²) in [5.74, 6) is 1.47. The Morgan fingerprint density at radius 3 is 2.63 bits per heavy atom. The quantitative estimate of drug-likeness (QED) is 0.668. The molecule has 1 amide bonds. The van der Waals surface area contributed by atoms with E-state index < -0.39 is 0 Å². The van der Waals surface area contributed by atoms with Gasteiger partial charge in [-0.1, -0.05) is 42.5 Å². The van der Waals surface area contributed by atoms with Crippen LogP contribution in [-0.2, 0) is 0 Å². The van der Waals surface area contributed by atoms with Crippen LogP contribution in [0.3, 0.4) is 0 Å². The van der Waals surface area contributed by atoms with Gasteiger partial charge in [-0.2, -0.15) is 0 Å². The summed E-state index contributed by atoms with van der Waals surface area (Å²) in [7, 11) is 0. The molecule has 0 atom stereocenters. The maximum atomic E-state index is 11.2. The predicted octanol–water partition coefficient (Wildman–Crippen LogP) is 4.07. The van der Waals surface area contributed by atoms with Crippen LogP contribution in [0, 0.1) is 0 Å². The van der Waals surface area contributed by atoms with Crippen molar-refractivity contribution in [3.63, 3.8) is 0 Å². The third-order valence-corrected chi connectivity index (χ3v) is 3.88. The normalized spacial score (nSPS) is 16.9. The fourth-order valence-electron chi connectivity index (χ4n) is 1.74. The highest BCUT2D eigenvalue weighted by Gasteiger charge is 2.21. The smallest absolute Gasteiger partial charge is 0.289 e. The molecule has 3 nitrogen and oxygen atoms in total. The van der Waals surface area contributed by atoms with E-state index in [2.05, 4.69) is 5.32 Å². The molecule has 2 aromatic rings. The molecule has 0 saturated carbocycles. The minimum absolute atomic E-state index is 0.147. The van der Waals surface area contributed by atoms with Gasteiger partial charge in [-0.3, -0.25) is 4.79 Å². The van der Waals surface area contributed by atoms with Crippen LogP contribution in [0.4, 0.5) is 4.79 Å². The van der Waals surface area contributed by atoms with Crippen molar-refractivity contribution in [3.05, 3.63) is 53.1 Å². The zero-order valence-corrected chi connectivity index (χ0v) is 11.4. The summed E-state index contributed by atoms with van der Waals surface area (Å²) in [5.41, 5.74) is 1.02. The van der Waals surface area contributed by atoms with E-state index in [0.717, 1.165) is 23.1 Å². The van der Waals surface area contributed by atoms with Crippen LogP contribution < -0.4 is 5.32 Å². The van der Waals surface area contributed by atoms with Gasteiger partial charge in [0.25, 0.3) is 5.24 Å². The van der Waals surface area contributed by atoms with Crippen molar-refractivity contribution in [1.29, 1.82) is 0 Å². The molecule has 0 unspecified atom stereocenters.